The van der Waals surface area contributed by atoms with Gasteiger partial charge in [0.15, 0.2) is 5.82 Å². The van der Waals surface area contributed by atoms with Gasteiger partial charge >= 0.3 is 0 Å². The molecule has 4 amide bonds. The molecule has 2 aliphatic heterocycles. The number of thiazole rings is 1. The highest BCUT2D eigenvalue weighted by atomic mass is 32.1. The summed E-state index contributed by atoms with van der Waals surface area (Å²) in [4.78, 5) is 75.2. The molecule has 340 valence electrons. The lowest BCUT2D eigenvalue weighted by atomic mass is 9.85. The predicted molar refractivity (Wildman–Crippen MR) is 255 cm³/mol. The number of aliphatic hydroxyl groups is 1. The van der Waals surface area contributed by atoms with Gasteiger partial charge in [-0.1, -0.05) is 82.1 Å². The summed E-state index contributed by atoms with van der Waals surface area (Å²) in [6.45, 7) is 9.52. The van der Waals surface area contributed by atoms with Crippen LogP contribution in [0.15, 0.2) is 84.5 Å². The highest BCUT2D eigenvalue weighted by Gasteiger charge is 2.45. The second-order valence-electron chi connectivity index (χ2n) is 18.6. The van der Waals surface area contributed by atoms with E-state index in [1.54, 1.807) is 29.5 Å². The van der Waals surface area contributed by atoms with Crippen LogP contribution in [0.1, 0.15) is 106 Å². The van der Waals surface area contributed by atoms with Crippen molar-refractivity contribution in [3.63, 3.8) is 0 Å². The molecule has 1 saturated heterocycles. The fourth-order valence-electron chi connectivity index (χ4n) is 9.23. The topological polar surface area (TPSA) is 173 Å². The van der Waals surface area contributed by atoms with E-state index in [1.807, 2.05) is 113 Å². The number of carbonyl (C=O) groups excluding carboxylic acids is 4. The van der Waals surface area contributed by atoms with Gasteiger partial charge in [0.25, 0.3) is 5.91 Å². The first-order valence-corrected chi connectivity index (χ1v) is 23.5. The average Bonchev–Trinajstić information content (AvgIpc) is 4.06. The summed E-state index contributed by atoms with van der Waals surface area (Å²) in [6.07, 6.45) is 6.66. The number of benzene rings is 3. The average molecular weight is 898 g/mol. The van der Waals surface area contributed by atoms with Crippen LogP contribution in [-0.2, 0) is 20.8 Å². The van der Waals surface area contributed by atoms with Crippen LogP contribution in [0.2, 0.25) is 0 Å². The lowest BCUT2D eigenvalue weighted by molar-refractivity contribution is -0.144. The molecule has 4 heterocycles. The summed E-state index contributed by atoms with van der Waals surface area (Å²) in [6, 6.07) is 21.7. The monoisotopic (exact) mass is 897 g/mol. The number of β-amino-alcohol motifs (C(OH)–C–C–N with tert-alkyl or cyclic N) is 1. The fraction of sp³-hybridized carbons (Fsp3) is 0.420. The van der Waals surface area contributed by atoms with Gasteiger partial charge in [0.2, 0.25) is 23.7 Å². The van der Waals surface area contributed by atoms with E-state index >= 15 is 0 Å². The van der Waals surface area contributed by atoms with Gasteiger partial charge in [-0.25, -0.2) is 9.97 Å². The highest BCUT2D eigenvalue weighted by Crippen LogP contribution is 2.43. The smallest absolute Gasteiger partial charge is 0.260 e. The molecule has 0 spiro atoms. The van der Waals surface area contributed by atoms with Gasteiger partial charge in [-0.15, -0.1) is 11.3 Å². The normalized spacial score (nSPS) is 18.4. The Labute approximate surface area is 384 Å². The Bertz CT molecular complexity index is 2530. The molecule has 3 aliphatic rings. The Morgan fingerprint density at radius 1 is 0.938 bits per heavy atom. The van der Waals surface area contributed by atoms with Crippen molar-refractivity contribution in [1.82, 2.24) is 30.5 Å². The van der Waals surface area contributed by atoms with Crippen LogP contribution in [0.4, 0.5) is 28.8 Å². The standard InChI is InChI=1S/C50H59N9O5S/c1-30(33-20-22-34(23-21-33)43-31(2)52-29-65-43)53-46(62)40-26-37(60)28-58(40)48(64)44(50(3,4)5)55-42(61)17-11-12-32-18-24-35(25-19-32)54-49-51-27-41-45(56-49)59(36-13-7-8-14-36)39-16-10-9-15-38(39)47(63)57(41)6/h9-10,15-16,18-25,27,29-30,36-37,40,44,60H,7-8,11-14,17,26,28H2,1-6H3,(H,53,62)(H,55,61)(H,51,54,56)/t30-,37+,40-,44+/m0/s1. The van der Waals surface area contributed by atoms with E-state index in [1.165, 1.54) is 4.90 Å². The molecule has 5 aromatic rings. The van der Waals surface area contributed by atoms with E-state index in [9.17, 15) is 24.3 Å². The number of fused-ring (bicyclic) bond motifs is 2. The van der Waals surface area contributed by atoms with Crippen molar-refractivity contribution >= 4 is 63.8 Å². The molecular weight excluding hydrogens is 839 g/mol. The van der Waals surface area contributed by atoms with Crippen molar-refractivity contribution in [2.24, 2.45) is 5.41 Å². The summed E-state index contributed by atoms with van der Waals surface area (Å²) < 4.78 is 0. The summed E-state index contributed by atoms with van der Waals surface area (Å²) in [5.41, 5.74) is 8.11. The van der Waals surface area contributed by atoms with E-state index < -0.39 is 29.5 Å². The molecule has 8 rings (SSSR count). The zero-order valence-corrected chi connectivity index (χ0v) is 38.8. The van der Waals surface area contributed by atoms with Crippen LogP contribution in [0.5, 0.6) is 0 Å². The maximum atomic E-state index is 14.2. The third-order valence-electron chi connectivity index (χ3n) is 12.9. The number of aryl methyl sites for hydroxylation is 2. The minimum atomic E-state index is -0.905. The second-order valence-corrected chi connectivity index (χ2v) is 19.5. The summed E-state index contributed by atoms with van der Waals surface area (Å²) >= 11 is 1.58. The maximum absolute atomic E-state index is 14.2. The third kappa shape index (κ3) is 9.91. The molecule has 2 aromatic heterocycles. The molecule has 3 aromatic carbocycles. The summed E-state index contributed by atoms with van der Waals surface area (Å²) in [5.74, 6) is 0.0378. The molecule has 0 bridgehead atoms. The first-order valence-electron chi connectivity index (χ1n) is 22.6. The Morgan fingerprint density at radius 2 is 1.66 bits per heavy atom. The Morgan fingerprint density at radius 3 is 2.35 bits per heavy atom. The number of hydrogen-bond donors (Lipinski definition) is 4. The second kappa shape index (κ2) is 19.1. The van der Waals surface area contributed by atoms with Crippen LogP contribution in [0, 0.1) is 12.3 Å². The zero-order chi connectivity index (χ0) is 46.0. The van der Waals surface area contributed by atoms with Crippen LogP contribution in [0.25, 0.3) is 10.4 Å². The number of aliphatic hydroxyl groups excluding tert-OH is 1. The van der Waals surface area contributed by atoms with E-state index in [4.69, 9.17) is 4.98 Å². The molecule has 1 saturated carbocycles. The highest BCUT2D eigenvalue weighted by molar-refractivity contribution is 7.13. The molecule has 4 N–H and O–H groups in total. The first kappa shape index (κ1) is 45.4. The van der Waals surface area contributed by atoms with Crippen molar-refractivity contribution in [3.8, 4) is 10.4 Å². The van der Waals surface area contributed by atoms with Crippen molar-refractivity contribution in [2.75, 3.05) is 28.7 Å². The molecule has 65 heavy (non-hydrogen) atoms. The minimum absolute atomic E-state index is 0.00584. The van der Waals surface area contributed by atoms with Crippen LogP contribution >= 0.6 is 11.3 Å². The molecule has 1 aliphatic carbocycles. The van der Waals surface area contributed by atoms with Crippen molar-refractivity contribution in [3.05, 3.63) is 107 Å². The van der Waals surface area contributed by atoms with Crippen molar-refractivity contribution in [1.29, 1.82) is 0 Å². The number of hydrogen-bond acceptors (Lipinski definition) is 11. The van der Waals surface area contributed by atoms with Gasteiger partial charge in [0.05, 0.1) is 45.7 Å². The largest absolute Gasteiger partial charge is 0.391 e. The summed E-state index contributed by atoms with van der Waals surface area (Å²) in [5, 5.41) is 20.1. The van der Waals surface area contributed by atoms with E-state index in [0.717, 1.165) is 64.3 Å². The fourth-order valence-corrected chi connectivity index (χ4v) is 10.0. The Balaban J connectivity index is 0.862. The Hall–Kier alpha value is -6.19. The number of likely N-dealkylation sites (tertiary alicyclic amines) is 1. The third-order valence-corrected chi connectivity index (χ3v) is 13.8. The molecule has 15 heteroatoms. The predicted octanol–water partition coefficient (Wildman–Crippen LogP) is 8.02. The molecule has 4 atom stereocenters. The molecular formula is C50H59N9O5S. The zero-order valence-electron chi connectivity index (χ0n) is 38.0. The van der Waals surface area contributed by atoms with Gasteiger partial charge in [0, 0.05) is 38.2 Å². The van der Waals surface area contributed by atoms with E-state index in [2.05, 4.69) is 30.8 Å². The molecule has 0 radical (unpaired) electrons. The molecule has 0 unspecified atom stereocenters. The van der Waals surface area contributed by atoms with Crippen LogP contribution < -0.4 is 25.8 Å². The van der Waals surface area contributed by atoms with Crippen molar-refractivity contribution < 1.29 is 24.3 Å². The number of nitrogens with one attached hydrogen (secondary N) is 3. The summed E-state index contributed by atoms with van der Waals surface area (Å²) in [7, 11) is 1.77. The van der Waals surface area contributed by atoms with Crippen molar-refractivity contribution in [2.45, 2.75) is 116 Å². The van der Waals surface area contributed by atoms with E-state index in [-0.39, 0.29) is 49.2 Å². The first-order chi connectivity index (χ1) is 31.2. The quantitative estimate of drug-likeness (QED) is 0.0907. The van der Waals surface area contributed by atoms with Crippen LogP contribution in [0.3, 0.4) is 0 Å². The number of rotatable bonds is 13. The van der Waals surface area contributed by atoms with Crippen LogP contribution in [-0.4, -0.2) is 86.4 Å². The molecule has 2 fully saturated rings. The number of nitrogens with zero attached hydrogens (tertiary/aromatic N) is 6. The Kier molecular flexibility index (Phi) is 13.3. The van der Waals surface area contributed by atoms with Gasteiger partial charge in [-0.05, 0) is 85.9 Å². The molecule has 14 nitrogen and oxygen atoms in total. The van der Waals surface area contributed by atoms with Gasteiger partial charge in [-0.3, -0.25) is 19.2 Å². The SMILES string of the molecule is Cc1ncsc1-c1ccc([C@H](C)NC(=O)[C@@H]2C[C@@H](O)CN2C(=O)[C@@H](NC(=O)CCCc2ccc(Nc3ncc4c(n3)N(C3CCCC3)c3ccccc3C(=O)N4C)cc2)C(C)(C)C)cc1. The number of amides is 4. The lowest BCUT2D eigenvalue weighted by Crippen LogP contribution is -2.57. The number of carbonyl (C=O) groups is 4. The van der Waals surface area contributed by atoms with E-state index in [0.29, 0.717) is 35.9 Å². The lowest BCUT2D eigenvalue weighted by Gasteiger charge is -2.35. The minimum Gasteiger partial charge on any atom is -0.391 e. The maximum Gasteiger partial charge on any atom is 0.260 e. The number of para-hydroxylation sites is 1. The van der Waals surface area contributed by atoms with Gasteiger partial charge in [-0.2, -0.15) is 4.98 Å². The number of anilines is 5. The number of aromatic nitrogens is 3. The van der Waals surface area contributed by atoms with Gasteiger partial charge in [0.1, 0.15) is 17.8 Å². The van der Waals surface area contributed by atoms with Gasteiger partial charge < -0.3 is 35.8 Å².